The van der Waals surface area contributed by atoms with E-state index >= 15 is 0 Å². The standard InChI is InChI=1S/C15H24N4OS/c20-14(19-9-4-16-5-10-19)3-8-18-7-1-2-13(12-18)15-17-6-11-21-15/h6,11,13,16H,1-5,7-10,12H2. The average molecular weight is 308 g/mol. The molecule has 2 saturated heterocycles. The molecule has 1 unspecified atom stereocenters. The highest BCUT2D eigenvalue weighted by Crippen LogP contribution is 2.28. The van der Waals surface area contributed by atoms with Gasteiger partial charge in [-0.15, -0.1) is 11.3 Å². The van der Waals surface area contributed by atoms with Crippen molar-refractivity contribution in [2.24, 2.45) is 0 Å². The average Bonchev–Trinajstić information content (AvgIpc) is 3.08. The molecule has 1 N–H and O–H groups in total. The maximum atomic E-state index is 12.2. The van der Waals surface area contributed by atoms with Crippen molar-refractivity contribution < 1.29 is 4.79 Å². The van der Waals surface area contributed by atoms with Crippen LogP contribution in [0.5, 0.6) is 0 Å². The van der Waals surface area contributed by atoms with E-state index in [0.29, 0.717) is 18.2 Å². The number of piperidine rings is 1. The molecule has 21 heavy (non-hydrogen) atoms. The Bertz CT molecular complexity index is 445. The Morgan fingerprint density at radius 1 is 1.38 bits per heavy atom. The summed E-state index contributed by atoms with van der Waals surface area (Å²) in [4.78, 5) is 21.1. The van der Waals surface area contributed by atoms with E-state index in [0.717, 1.165) is 45.8 Å². The molecule has 1 amide bonds. The summed E-state index contributed by atoms with van der Waals surface area (Å²) in [5.74, 6) is 0.876. The van der Waals surface area contributed by atoms with Crippen LogP contribution >= 0.6 is 11.3 Å². The van der Waals surface area contributed by atoms with Gasteiger partial charge in [-0.3, -0.25) is 4.79 Å². The van der Waals surface area contributed by atoms with Gasteiger partial charge in [-0.2, -0.15) is 0 Å². The summed E-state index contributed by atoms with van der Waals surface area (Å²) in [6, 6.07) is 0. The monoisotopic (exact) mass is 308 g/mol. The SMILES string of the molecule is O=C(CCN1CCCC(c2nccs2)C1)N1CCNCC1. The Hall–Kier alpha value is -0.980. The highest BCUT2D eigenvalue weighted by molar-refractivity contribution is 7.09. The Labute approximate surface area is 130 Å². The number of carbonyl (C=O) groups excluding carboxylic acids is 1. The van der Waals surface area contributed by atoms with Crippen molar-refractivity contribution >= 4 is 17.2 Å². The van der Waals surface area contributed by atoms with Crippen molar-refractivity contribution in [3.05, 3.63) is 16.6 Å². The van der Waals surface area contributed by atoms with Gasteiger partial charge in [0.25, 0.3) is 0 Å². The molecular weight excluding hydrogens is 284 g/mol. The minimum atomic E-state index is 0.313. The van der Waals surface area contributed by atoms with Crippen molar-refractivity contribution in [1.29, 1.82) is 0 Å². The van der Waals surface area contributed by atoms with Crippen LogP contribution in [0, 0.1) is 0 Å². The molecule has 0 radical (unpaired) electrons. The molecule has 2 aliphatic heterocycles. The van der Waals surface area contributed by atoms with Gasteiger partial charge in [0.15, 0.2) is 0 Å². The summed E-state index contributed by atoms with van der Waals surface area (Å²) in [5.41, 5.74) is 0. The number of amides is 1. The highest BCUT2D eigenvalue weighted by Gasteiger charge is 2.24. The molecule has 0 spiro atoms. The summed E-state index contributed by atoms with van der Waals surface area (Å²) in [6.07, 6.45) is 5.00. The lowest BCUT2D eigenvalue weighted by Crippen LogP contribution is -2.47. The maximum Gasteiger partial charge on any atom is 0.223 e. The lowest BCUT2D eigenvalue weighted by atomic mass is 9.98. The van der Waals surface area contributed by atoms with Gasteiger partial charge in [0.1, 0.15) is 0 Å². The molecule has 6 heteroatoms. The van der Waals surface area contributed by atoms with Gasteiger partial charge in [-0.1, -0.05) is 0 Å². The number of nitrogens with zero attached hydrogens (tertiary/aromatic N) is 3. The summed E-state index contributed by atoms with van der Waals surface area (Å²) in [5, 5.41) is 6.60. The first kappa shape index (κ1) is 14.9. The van der Waals surface area contributed by atoms with Gasteiger partial charge in [0.2, 0.25) is 5.91 Å². The Morgan fingerprint density at radius 2 is 2.24 bits per heavy atom. The second-order valence-electron chi connectivity index (χ2n) is 5.89. The van der Waals surface area contributed by atoms with Gasteiger partial charge in [0.05, 0.1) is 5.01 Å². The number of likely N-dealkylation sites (tertiary alicyclic amines) is 1. The highest BCUT2D eigenvalue weighted by atomic mass is 32.1. The summed E-state index contributed by atoms with van der Waals surface area (Å²) in [6.45, 7) is 6.66. The fourth-order valence-electron chi connectivity index (χ4n) is 3.22. The van der Waals surface area contributed by atoms with Crippen LogP contribution in [0.15, 0.2) is 11.6 Å². The molecule has 3 heterocycles. The molecule has 116 valence electrons. The lowest BCUT2D eigenvalue weighted by Gasteiger charge is -2.33. The molecule has 1 aromatic rings. The molecule has 5 nitrogen and oxygen atoms in total. The van der Waals surface area contributed by atoms with Crippen LogP contribution in [-0.2, 0) is 4.79 Å². The molecule has 2 aliphatic rings. The fraction of sp³-hybridized carbons (Fsp3) is 0.733. The lowest BCUT2D eigenvalue weighted by molar-refractivity contribution is -0.132. The van der Waals surface area contributed by atoms with E-state index in [1.54, 1.807) is 11.3 Å². The smallest absolute Gasteiger partial charge is 0.223 e. The van der Waals surface area contributed by atoms with Gasteiger partial charge >= 0.3 is 0 Å². The fourth-order valence-corrected chi connectivity index (χ4v) is 3.99. The normalized spacial score (nSPS) is 24.2. The molecule has 0 aromatic carbocycles. The van der Waals surface area contributed by atoms with Crippen LogP contribution in [0.2, 0.25) is 0 Å². The van der Waals surface area contributed by atoms with Crippen molar-refractivity contribution in [3.8, 4) is 0 Å². The van der Waals surface area contributed by atoms with Gasteiger partial charge in [-0.05, 0) is 19.4 Å². The van der Waals surface area contributed by atoms with Crippen LogP contribution in [0.3, 0.4) is 0 Å². The zero-order chi connectivity index (χ0) is 14.5. The third-order valence-electron chi connectivity index (χ3n) is 4.42. The number of thiazole rings is 1. The number of aromatic nitrogens is 1. The van der Waals surface area contributed by atoms with Crippen molar-refractivity contribution in [3.63, 3.8) is 0 Å². The molecular formula is C15H24N4OS. The van der Waals surface area contributed by atoms with Crippen LogP contribution in [0.4, 0.5) is 0 Å². The second-order valence-corrected chi connectivity index (χ2v) is 6.82. The van der Waals surface area contributed by atoms with E-state index < -0.39 is 0 Å². The van der Waals surface area contributed by atoms with Crippen molar-refractivity contribution in [2.45, 2.75) is 25.2 Å². The van der Waals surface area contributed by atoms with E-state index in [4.69, 9.17) is 0 Å². The van der Waals surface area contributed by atoms with E-state index in [1.165, 1.54) is 17.8 Å². The second kappa shape index (κ2) is 7.33. The van der Waals surface area contributed by atoms with Crippen LogP contribution < -0.4 is 5.32 Å². The van der Waals surface area contributed by atoms with E-state index in [9.17, 15) is 4.79 Å². The maximum absolute atomic E-state index is 12.2. The molecule has 2 fully saturated rings. The third-order valence-corrected chi connectivity index (χ3v) is 5.36. The predicted molar refractivity (Wildman–Crippen MR) is 84.6 cm³/mol. The molecule has 0 aliphatic carbocycles. The van der Waals surface area contributed by atoms with E-state index in [1.807, 2.05) is 11.1 Å². The first-order chi connectivity index (χ1) is 10.3. The van der Waals surface area contributed by atoms with Gasteiger partial charge < -0.3 is 15.1 Å². The number of nitrogens with one attached hydrogen (secondary N) is 1. The third kappa shape index (κ3) is 4.02. The molecule has 0 saturated carbocycles. The molecule has 1 atom stereocenters. The minimum absolute atomic E-state index is 0.313. The molecule has 3 rings (SSSR count). The predicted octanol–water partition coefficient (Wildman–Crippen LogP) is 1.14. The van der Waals surface area contributed by atoms with Crippen molar-refractivity contribution in [1.82, 2.24) is 20.1 Å². The Balaban J connectivity index is 1.45. The number of rotatable bonds is 4. The summed E-state index contributed by atoms with van der Waals surface area (Å²) >= 11 is 1.76. The zero-order valence-corrected chi connectivity index (χ0v) is 13.3. The number of hydrogen-bond acceptors (Lipinski definition) is 5. The Morgan fingerprint density at radius 3 is 3.00 bits per heavy atom. The number of piperazine rings is 1. The summed E-state index contributed by atoms with van der Waals surface area (Å²) in [7, 11) is 0. The van der Waals surface area contributed by atoms with E-state index in [2.05, 4.69) is 20.6 Å². The topological polar surface area (TPSA) is 48.5 Å². The van der Waals surface area contributed by atoms with Gasteiger partial charge in [-0.25, -0.2) is 4.98 Å². The number of carbonyl (C=O) groups is 1. The minimum Gasteiger partial charge on any atom is -0.340 e. The quantitative estimate of drug-likeness (QED) is 0.906. The first-order valence-corrected chi connectivity index (χ1v) is 8.81. The van der Waals surface area contributed by atoms with Crippen LogP contribution in [0.1, 0.15) is 30.2 Å². The largest absolute Gasteiger partial charge is 0.340 e. The molecule has 1 aromatic heterocycles. The Kier molecular flexibility index (Phi) is 5.22. The zero-order valence-electron chi connectivity index (χ0n) is 12.5. The van der Waals surface area contributed by atoms with Gasteiger partial charge in [0, 0.05) is 63.2 Å². The number of hydrogen-bond donors (Lipinski definition) is 1. The summed E-state index contributed by atoms with van der Waals surface area (Å²) < 4.78 is 0. The molecule has 0 bridgehead atoms. The van der Waals surface area contributed by atoms with Crippen LogP contribution in [0.25, 0.3) is 0 Å². The van der Waals surface area contributed by atoms with Crippen LogP contribution in [-0.4, -0.2) is 66.5 Å². The van der Waals surface area contributed by atoms with E-state index in [-0.39, 0.29) is 0 Å². The first-order valence-electron chi connectivity index (χ1n) is 7.93. The van der Waals surface area contributed by atoms with Crippen molar-refractivity contribution in [2.75, 3.05) is 45.8 Å².